The second kappa shape index (κ2) is 4.31. The van der Waals surface area contributed by atoms with Gasteiger partial charge in [0.25, 0.3) is 0 Å². The molecule has 0 unspecified atom stereocenters. The first-order valence-electron chi connectivity index (χ1n) is 4.97. The van der Waals surface area contributed by atoms with Crippen LogP contribution in [0.1, 0.15) is 26.3 Å². The predicted molar refractivity (Wildman–Crippen MR) is 59.4 cm³/mol. The molecule has 0 aliphatic rings. The summed E-state index contributed by atoms with van der Waals surface area (Å²) < 4.78 is 0. The van der Waals surface area contributed by atoms with E-state index in [0.717, 1.165) is 6.42 Å². The van der Waals surface area contributed by atoms with Crippen LogP contribution in [0.3, 0.4) is 0 Å². The van der Waals surface area contributed by atoms with Crippen LogP contribution in [0.2, 0.25) is 0 Å². The van der Waals surface area contributed by atoms with E-state index in [1.165, 1.54) is 11.3 Å². The number of rotatable bonds is 3. The number of nitrogens with zero attached hydrogens (tertiary/aromatic N) is 1. The molecule has 0 fully saturated rings. The van der Waals surface area contributed by atoms with Crippen molar-refractivity contribution in [1.29, 1.82) is 0 Å². The van der Waals surface area contributed by atoms with Crippen molar-refractivity contribution in [3.05, 3.63) is 29.8 Å². The van der Waals surface area contributed by atoms with Gasteiger partial charge >= 0.3 is 0 Å². The zero-order chi connectivity index (χ0) is 9.84. The van der Waals surface area contributed by atoms with E-state index in [0.29, 0.717) is 6.04 Å². The first-order valence-corrected chi connectivity index (χ1v) is 4.97. The number of anilines is 1. The molecule has 1 heteroatoms. The van der Waals surface area contributed by atoms with Gasteiger partial charge in [0.05, 0.1) is 0 Å². The van der Waals surface area contributed by atoms with E-state index < -0.39 is 0 Å². The van der Waals surface area contributed by atoms with E-state index in [1.807, 2.05) is 0 Å². The lowest BCUT2D eigenvalue weighted by Gasteiger charge is -2.24. The van der Waals surface area contributed by atoms with Gasteiger partial charge in [0.2, 0.25) is 0 Å². The van der Waals surface area contributed by atoms with Crippen LogP contribution in [0.5, 0.6) is 0 Å². The lowest BCUT2D eigenvalue weighted by molar-refractivity contribution is 0.754. The summed E-state index contributed by atoms with van der Waals surface area (Å²) in [6.45, 7) is 6.60. The number of benzene rings is 1. The Bertz CT molecular complexity index is 266. The van der Waals surface area contributed by atoms with Gasteiger partial charge in [0, 0.05) is 18.8 Å². The summed E-state index contributed by atoms with van der Waals surface area (Å²) >= 11 is 0. The van der Waals surface area contributed by atoms with Crippen LogP contribution in [-0.4, -0.2) is 13.1 Å². The van der Waals surface area contributed by atoms with Crippen molar-refractivity contribution in [2.24, 2.45) is 0 Å². The zero-order valence-corrected chi connectivity index (χ0v) is 9.04. The summed E-state index contributed by atoms with van der Waals surface area (Å²) in [5.41, 5.74) is 2.72. The molecule has 72 valence electrons. The lowest BCUT2D eigenvalue weighted by Crippen LogP contribution is -2.25. The SMILES string of the molecule is CCc1cccc(N(C)C(C)C)c1. The van der Waals surface area contributed by atoms with E-state index in [2.05, 4.69) is 57.0 Å². The van der Waals surface area contributed by atoms with Crippen molar-refractivity contribution in [2.45, 2.75) is 33.2 Å². The average molecular weight is 177 g/mol. The molecule has 1 aromatic rings. The van der Waals surface area contributed by atoms with Crippen molar-refractivity contribution in [3.63, 3.8) is 0 Å². The molecule has 0 radical (unpaired) electrons. The predicted octanol–water partition coefficient (Wildman–Crippen LogP) is 3.09. The molecule has 13 heavy (non-hydrogen) atoms. The molecule has 1 aromatic carbocycles. The van der Waals surface area contributed by atoms with E-state index >= 15 is 0 Å². The number of hydrogen-bond acceptors (Lipinski definition) is 1. The van der Waals surface area contributed by atoms with Gasteiger partial charge in [-0.2, -0.15) is 0 Å². The fourth-order valence-corrected chi connectivity index (χ4v) is 1.29. The van der Waals surface area contributed by atoms with Crippen molar-refractivity contribution in [2.75, 3.05) is 11.9 Å². The van der Waals surface area contributed by atoms with E-state index in [4.69, 9.17) is 0 Å². The molecule has 0 amide bonds. The Morgan fingerprint density at radius 3 is 2.54 bits per heavy atom. The van der Waals surface area contributed by atoms with Gasteiger partial charge < -0.3 is 4.90 Å². The van der Waals surface area contributed by atoms with Crippen LogP contribution < -0.4 is 4.90 Å². The van der Waals surface area contributed by atoms with Crippen LogP contribution in [0, 0.1) is 0 Å². The smallest absolute Gasteiger partial charge is 0.0368 e. The van der Waals surface area contributed by atoms with Crippen LogP contribution in [0.15, 0.2) is 24.3 Å². The second-order valence-corrected chi connectivity index (χ2v) is 3.73. The molecule has 0 saturated carbocycles. The van der Waals surface area contributed by atoms with Gasteiger partial charge in [-0.05, 0) is 38.0 Å². The molecular weight excluding hydrogens is 158 g/mol. The third-order valence-corrected chi connectivity index (χ3v) is 2.50. The minimum absolute atomic E-state index is 0.562. The highest BCUT2D eigenvalue weighted by Gasteiger charge is 2.04. The quantitative estimate of drug-likeness (QED) is 0.685. The van der Waals surface area contributed by atoms with Crippen LogP contribution >= 0.6 is 0 Å². The first-order chi connectivity index (χ1) is 6.15. The Balaban J connectivity index is 2.88. The van der Waals surface area contributed by atoms with Gasteiger partial charge in [-0.3, -0.25) is 0 Å². The minimum atomic E-state index is 0.562. The van der Waals surface area contributed by atoms with Gasteiger partial charge in [0.15, 0.2) is 0 Å². The van der Waals surface area contributed by atoms with Gasteiger partial charge in [-0.15, -0.1) is 0 Å². The molecule has 0 saturated heterocycles. The van der Waals surface area contributed by atoms with Gasteiger partial charge in [0.1, 0.15) is 0 Å². The summed E-state index contributed by atoms with van der Waals surface area (Å²) in [6, 6.07) is 9.30. The normalized spacial score (nSPS) is 10.5. The van der Waals surface area contributed by atoms with E-state index in [-0.39, 0.29) is 0 Å². The largest absolute Gasteiger partial charge is 0.372 e. The minimum Gasteiger partial charge on any atom is -0.372 e. The maximum Gasteiger partial charge on any atom is 0.0368 e. The van der Waals surface area contributed by atoms with E-state index in [9.17, 15) is 0 Å². The monoisotopic (exact) mass is 177 g/mol. The molecule has 0 atom stereocenters. The molecule has 0 aliphatic carbocycles. The molecular formula is C12H19N. The molecule has 0 N–H and O–H groups in total. The molecule has 0 bridgehead atoms. The maximum atomic E-state index is 2.29. The summed E-state index contributed by atoms with van der Waals surface area (Å²) in [4.78, 5) is 2.29. The number of hydrogen-bond donors (Lipinski definition) is 0. The van der Waals surface area contributed by atoms with Crippen molar-refractivity contribution >= 4 is 5.69 Å². The Labute approximate surface area is 81.4 Å². The van der Waals surface area contributed by atoms with Crippen molar-refractivity contribution < 1.29 is 0 Å². The second-order valence-electron chi connectivity index (χ2n) is 3.73. The third-order valence-electron chi connectivity index (χ3n) is 2.50. The summed E-state index contributed by atoms with van der Waals surface area (Å²) in [5, 5.41) is 0. The standard InChI is InChI=1S/C12H19N/c1-5-11-7-6-8-12(9-11)13(4)10(2)3/h6-10H,5H2,1-4H3. The molecule has 0 heterocycles. The summed E-state index contributed by atoms with van der Waals surface area (Å²) in [5.74, 6) is 0. The Morgan fingerprint density at radius 1 is 1.31 bits per heavy atom. The Hall–Kier alpha value is -0.980. The van der Waals surface area contributed by atoms with E-state index in [1.54, 1.807) is 0 Å². The van der Waals surface area contributed by atoms with Crippen LogP contribution in [0.25, 0.3) is 0 Å². The van der Waals surface area contributed by atoms with Crippen molar-refractivity contribution in [3.8, 4) is 0 Å². The Morgan fingerprint density at radius 2 is 2.00 bits per heavy atom. The molecule has 1 nitrogen and oxygen atoms in total. The Kier molecular flexibility index (Phi) is 3.35. The fraction of sp³-hybridized carbons (Fsp3) is 0.500. The molecule has 0 spiro atoms. The maximum absolute atomic E-state index is 2.29. The highest BCUT2D eigenvalue weighted by Crippen LogP contribution is 2.16. The highest BCUT2D eigenvalue weighted by atomic mass is 15.1. The molecule has 1 rings (SSSR count). The molecule has 0 aliphatic heterocycles. The molecule has 0 aromatic heterocycles. The van der Waals surface area contributed by atoms with Crippen molar-refractivity contribution in [1.82, 2.24) is 0 Å². The fourth-order valence-electron chi connectivity index (χ4n) is 1.29. The lowest BCUT2D eigenvalue weighted by atomic mass is 10.1. The number of aryl methyl sites for hydroxylation is 1. The highest BCUT2D eigenvalue weighted by molar-refractivity contribution is 5.48. The van der Waals surface area contributed by atoms with Gasteiger partial charge in [-0.25, -0.2) is 0 Å². The first kappa shape index (κ1) is 10.1. The van der Waals surface area contributed by atoms with Crippen LogP contribution in [-0.2, 0) is 6.42 Å². The topological polar surface area (TPSA) is 3.24 Å². The summed E-state index contributed by atoms with van der Waals surface area (Å²) in [7, 11) is 2.14. The third kappa shape index (κ3) is 2.48. The zero-order valence-electron chi connectivity index (χ0n) is 9.04. The summed E-state index contributed by atoms with van der Waals surface area (Å²) in [6.07, 6.45) is 1.11. The van der Waals surface area contributed by atoms with Gasteiger partial charge in [-0.1, -0.05) is 19.1 Å². The average Bonchev–Trinajstić information content (AvgIpc) is 2.16. The van der Waals surface area contributed by atoms with Crippen LogP contribution in [0.4, 0.5) is 5.69 Å².